The second-order valence-electron chi connectivity index (χ2n) is 6.69. The van der Waals surface area contributed by atoms with Crippen molar-refractivity contribution in [3.63, 3.8) is 0 Å². The van der Waals surface area contributed by atoms with Crippen LogP contribution in [-0.2, 0) is 11.2 Å². The molecule has 0 radical (unpaired) electrons. The van der Waals surface area contributed by atoms with E-state index in [4.69, 9.17) is 4.74 Å². The van der Waals surface area contributed by atoms with Gasteiger partial charge in [0.25, 0.3) is 5.91 Å². The van der Waals surface area contributed by atoms with Gasteiger partial charge in [0.05, 0.1) is 0 Å². The zero-order valence-corrected chi connectivity index (χ0v) is 14.9. The maximum atomic E-state index is 12.9. The van der Waals surface area contributed by atoms with Gasteiger partial charge in [-0.25, -0.2) is 0 Å². The van der Waals surface area contributed by atoms with Gasteiger partial charge < -0.3 is 9.64 Å². The zero-order valence-electron chi connectivity index (χ0n) is 14.9. The quantitative estimate of drug-likeness (QED) is 0.840. The minimum Gasteiger partial charge on any atom is -0.481 e. The topological polar surface area (TPSA) is 29.5 Å². The van der Waals surface area contributed by atoms with E-state index >= 15 is 0 Å². The van der Waals surface area contributed by atoms with Crippen LogP contribution in [0.3, 0.4) is 0 Å². The predicted octanol–water partition coefficient (Wildman–Crippen LogP) is 4.36. The van der Waals surface area contributed by atoms with Crippen LogP contribution in [0.4, 0.5) is 5.69 Å². The molecule has 1 amide bonds. The van der Waals surface area contributed by atoms with Crippen molar-refractivity contribution in [2.24, 2.45) is 0 Å². The number of aryl methyl sites for hydroxylation is 3. The van der Waals surface area contributed by atoms with E-state index in [1.807, 2.05) is 49.9 Å². The molecular formula is C21H25NO2. The summed E-state index contributed by atoms with van der Waals surface area (Å²) >= 11 is 0. The second kappa shape index (κ2) is 6.68. The first kappa shape index (κ1) is 16.6. The minimum atomic E-state index is -0.504. The minimum absolute atomic E-state index is 0.0284. The van der Waals surface area contributed by atoms with Crippen molar-refractivity contribution in [3.05, 3.63) is 58.7 Å². The van der Waals surface area contributed by atoms with Crippen LogP contribution >= 0.6 is 0 Å². The van der Waals surface area contributed by atoms with Crippen LogP contribution < -0.4 is 9.64 Å². The highest BCUT2D eigenvalue weighted by molar-refractivity contribution is 5.97. The van der Waals surface area contributed by atoms with E-state index < -0.39 is 6.10 Å². The molecule has 24 heavy (non-hydrogen) atoms. The van der Waals surface area contributed by atoms with Crippen LogP contribution in [0.1, 0.15) is 35.6 Å². The lowest BCUT2D eigenvalue weighted by atomic mass is 10.0. The van der Waals surface area contributed by atoms with Crippen molar-refractivity contribution >= 4 is 11.6 Å². The molecule has 0 N–H and O–H groups in total. The standard InChI is InChI=1S/C21H25NO2/c1-14-12-15(2)16(3)20(13-14)24-17(4)21(23)22-11-7-9-18-8-5-6-10-19(18)22/h5-6,8,10,12-13,17H,7,9,11H2,1-4H3/t17-/m0/s1. The number of amides is 1. The number of hydrogen-bond donors (Lipinski definition) is 0. The van der Waals surface area contributed by atoms with Crippen LogP contribution in [0, 0.1) is 20.8 Å². The monoisotopic (exact) mass is 323 g/mol. The lowest BCUT2D eigenvalue weighted by Crippen LogP contribution is -2.43. The number of carbonyl (C=O) groups excluding carboxylic acids is 1. The number of ether oxygens (including phenoxy) is 1. The summed E-state index contributed by atoms with van der Waals surface area (Å²) in [6, 6.07) is 12.3. The third-order valence-corrected chi connectivity index (χ3v) is 4.79. The van der Waals surface area contributed by atoms with E-state index in [0.29, 0.717) is 0 Å². The molecule has 3 heteroatoms. The Morgan fingerprint density at radius 3 is 2.71 bits per heavy atom. The number of nitrogens with zero attached hydrogens (tertiary/aromatic N) is 1. The zero-order chi connectivity index (χ0) is 17.3. The van der Waals surface area contributed by atoms with Crippen LogP contribution in [0.2, 0.25) is 0 Å². The summed E-state index contributed by atoms with van der Waals surface area (Å²) in [5.74, 6) is 0.833. The molecular weight excluding hydrogens is 298 g/mol. The van der Waals surface area contributed by atoms with Gasteiger partial charge in [-0.3, -0.25) is 4.79 Å². The Balaban J connectivity index is 1.82. The fraction of sp³-hybridized carbons (Fsp3) is 0.381. The molecule has 1 aliphatic heterocycles. The number of benzene rings is 2. The Bertz CT molecular complexity index is 766. The molecule has 3 nitrogen and oxygen atoms in total. The van der Waals surface area contributed by atoms with E-state index in [0.717, 1.165) is 42.0 Å². The molecule has 126 valence electrons. The molecule has 1 aliphatic rings. The van der Waals surface area contributed by atoms with Gasteiger partial charge in [0.15, 0.2) is 6.10 Å². The number of para-hydroxylation sites is 1. The molecule has 0 aromatic heterocycles. The molecule has 0 saturated carbocycles. The van der Waals surface area contributed by atoms with Crippen LogP contribution in [-0.4, -0.2) is 18.6 Å². The Labute approximate surface area is 144 Å². The van der Waals surface area contributed by atoms with E-state index in [9.17, 15) is 4.79 Å². The summed E-state index contributed by atoms with van der Waals surface area (Å²) in [6.45, 7) is 8.76. The van der Waals surface area contributed by atoms with Crippen molar-refractivity contribution in [1.82, 2.24) is 0 Å². The highest BCUT2D eigenvalue weighted by atomic mass is 16.5. The highest BCUT2D eigenvalue weighted by Gasteiger charge is 2.27. The summed E-state index contributed by atoms with van der Waals surface area (Å²) in [5, 5.41) is 0. The van der Waals surface area contributed by atoms with Crippen molar-refractivity contribution in [2.45, 2.75) is 46.6 Å². The third-order valence-electron chi connectivity index (χ3n) is 4.79. The van der Waals surface area contributed by atoms with Crippen molar-refractivity contribution < 1.29 is 9.53 Å². The molecule has 0 unspecified atom stereocenters. The molecule has 0 spiro atoms. The number of carbonyl (C=O) groups is 1. The highest BCUT2D eigenvalue weighted by Crippen LogP contribution is 2.29. The average molecular weight is 323 g/mol. The number of anilines is 1. The molecule has 2 aromatic carbocycles. The Hall–Kier alpha value is -2.29. The maximum Gasteiger partial charge on any atom is 0.267 e. The molecule has 0 aliphatic carbocycles. The first-order valence-corrected chi connectivity index (χ1v) is 8.61. The maximum absolute atomic E-state index is 12.9. The number of fused-ring (bicyclic) bond motifs is 1. The lowest BCUT2D eigenvalue weighted by molar-refractivity contribution is -0.124. The first-order valence-electron chi connectivity index (χ1n) is 8.61. The van der Waals surface area contributed by atoms with Crippen LogP contribution in [0.5, 0.6) is 5.75 Å². The van der Waals surface area contributed by atoms with Gasteiger partial charge in [0, 0.05) is 12.2 Å². The van der Waals surface area contributed by atoms with Gasteiger partial charge in [0.1, 0.15) is 5.75 Å². The van der Waals surface area contributed by atoms with Gasteiger partial charge in [-0.1, -0.05) is 24.3 Å². The van der Waals surface area contributed by atoms with Gasteiger partial charge >= 0.3 is 0 Å². The summed E-state index contributed by atoms with van der Waals surface area (Å²) in [6.07, 6.45) is 1.53. The number of rotatable bonds is 3. The molecule has 0 saturated heterocycles. The second-order valence-corrected chi connectivity index (χ2v) is 6.69. The van der Waals surface area contributed by atoms with Crippen molar-refractivity contribution in [3.8, 4) is 5.75 Å². The average Bonchev–Trinajstić information content (AvgIpc) is 2.58. The Kier molecular flexibility index (Phi) is 4.61. The fourth-order valence-corrected chi connectivity index (χ4v) is 3.35. The molecule has 0 bridgehead atoms. The Morgan fingerprint density at radius 2 is 1.92 bits per heavy atom. The Morgan fingerprint density at radius 1 is 1.17 bits per heavy atom. The smallest absolute Gasteiger partial charge is 0.267 e. The lowest BCUT2D eigenvalue weighted by Gasteiger charge is -2.31. The van der Waals surface area contributed by atoms with Gasteiger partial charge in [-0.15, -0.1) is 0 Å². The van der Waals surface area contributed by atoms with E-state index in [1.54, 1.807) is 0 Å². The summed E-state index contributed by atoms with van der Waals surface area (Å²) in [7, 11) is 0. The molecule has 3 rings (SSSR count). The van der Waals surface area contributed by atoms with Gasteiger partial charge in [0.2, 0.25) is 0 Å². The van der Waals surface area contributed by atoms with Crippen LogP contribution in [0.25, 0.3) is 0 Å². The van der Waals surface area contributed by atoms with E-state index in [-0.39, 0.29) is 5.91 Å². The normalized spacial score (nSPS) is 14.9. The predicted molar refractivity (Wildman–Crippen MR) is 97.9 cm³/mol. The van der Waals surface area contributed by atoms with Crippen LogP contribution in [0.15, 0.2) is 36.4 Å². The van der Waals surface area contributed by atoms with Gasteiger partial charge in [-0.2, -0.15) is 0 Å². The van der Waals surface area contributed by atoms with Crippen molar-refractivity contribution in [2.75, 3.05) is 11.4 Å². The summed E-state index contributed by atoms with van der Waals surface area (Å²) in [4.78, 5) is 14.8. The molecule has 1 atom stereocenters. The van der Waals surface area contributed by atoms with Crippen molar-refractivity contribution in [1.29, 1.82) is 0 Å². The van der Waals surface area contributed by atoms with E-state index in [2.05, 4.69) is 19.1 Å². The molecule has 1 heterocycles. The van der Waals surface area contributed by atoms with E-state index in [1.165, 1.54) is 11.1 Å². The fourth-order valence-electron chi connectivity index (χ4n) is 3.35. The summed E-state index contributed by atoms with van der Waals surface area (Å²) in [5.41, 5.74) is 5.71. The van der Waals surface area contributed by atoms with Gasteiger partial charge in [-0.05, 0) is 74.9 Å². The summed E-state index contributed by atoms with van der Waals surface area (Å²) < 4.78 is 6.05. The molecule has 0 fully saturated rings. The molecule has 2 aromatic rings. The third kappa shape index (κ3) is 3.16. The largest absolute Gasteiger partial charge is 0.481 e. The first-order chi connectivity index (χ1) is 11.5. The number of hydrogen-bond acceptors (Lipinski definition) is 2. The SMILES string of the molecule is Cc1cc(C)c(C)c(O[C@@H](C)C(=O)N2CCCc3ccccc32)c1.